The van der Waals surface area contributed by atoms with Gasteiger partial charge in [0, 0.05) is 25.7 Å². The van der Waals surface area contributed by atoms with Gasteiger partial charge in [0.15, 0.2) is 0 Å². The molecule has 72 valence electrons. The molecule has 0 aromatic rings. The van der Waals surface area contributed by atoms with Crippen LogP contribution in [0.1, 0.15) is 27.2 Å². The highest BCUT2D eigenvalue weighted by Gasteiger charge is 2.23. The number of piperazine rings is 1. The first kappa shape index (κ1) is 10.0. The third-order valence-electron chi connectivity index (χ3n) is 2.92. The SMILES string of the molecule is CCC(C(C)C)C1CNCCN1. The fourth-order valence-electron chi connectivity index (χ4n) is 2.20. The average Bonchev–Trinajstić information content (AvgIpc) is 2.07. The second kappa shape index (κ2) is 4.83. The van der Waals surface area contributed by atoms with Crippen molar-refractivity contribution < 1.29 is 0 Å². The average molecular weight is 170 g/mol. The van der Waals surface area contributed by atoms with E-state index in [1.807, 2.05) is 0 Å². The van der Waals surface area contributed by atoms with Gasteiger partial charge in [-0.3, -0.25) is 0 Å². The first-order valence-corrected chi connectivity index (χ1v) is 5.19. The molecule has 2 atom stereocenters. The van der Waals surface area contributed by atoms with Crippen LogP contribution in [0.5, 0.6) is 0 Å². The van der Waals surface area contributed by atoms with Gasteiger partial charge in [0.2, 0.25) is 0 Å². The molecule has 0 radical (unpaired) electrons. The van der Waals surface area contributed by atoms with Crippen molar-refractivity contribution in [2.45, 2.75) is 33.2 Å². The maximum absolute atomic E-state index is 3.59. The van der Waals surface area contributed by atoms with Gasteiger partial charge in [0.1, 0.15) is 0 Å². The molecular weight excluding hydrogens is 148 g/mol. The van der Waals surface area contributed by atoms with Gasteiger partial charge in [-0.2, -0.15) is 0 Å². The van der Waals surface area contributed by atoms with E-state index in [0.717, 1.165) is 31.5 Å². The summed E-state index contributed by atoms with van der Waals surface area (Å²) in [4.78, 5) is 0. The molecule has 1 aliphatic rings. The van der Waals surface area contributed by atoms with E-state index in [2.05, 4.69) is 31.4 Å². The first-order chi connectivity index (χ1) is 5.75. The molecule has 2 unspecified atom stereocenters. The van der Waals surface area contributed by atoms with Crippen molar-refractivity contribution in [2.24, 2.45) is 11.8 Å². The Labute approximate surface area is 76.1 Å². The summed E-state index contributed by atoms with van der Waals surface area (Å²) >= 11 is 0. The molecule has 1 heterocycles. The van der Waals surface area contributed by atoms with Gasteiger partial charge < -0.3 is 10.6 Å². The van der Waals surface area contributed by atoms with E-state index in [4.69, 9.17) is 0 Å². The van der Waals surface area contributed by atoms with Crippen LogP contribution < -0.4 is 10.6 Å². The standard InChI is InChI=1S/C10H22N2/c1-4-9(8(2)3)10-7-11-5-6-12-10/h8-12H,4-7H2,1-3H3. The van der Waals surface area contributed by atoms with Gasteiger partial charge >= 0.3 is 0 Å². The summed E-state index contributed by atoms with van der Waals surface area (Å²) in [6, 6.07) is 0.698. The summed E-state index contributed by atoms with van der Waals surface area (Å²) in [5, 5.41) is 7.03. The summed E-state index contributed by atoms with van der Waals surface area (Å²) in [6.45, 7) is 10.4. The molecule has 2 N–H and O–H groups in total. The molecule has 2 nitrogen and oxygen atoms in total. The second-order valence-electron chi connectivity index (χ2n) is 4.08. The highest BCUT2D eigenvalue weighted by Crippen LogP contribution is 2.19. The van der Waals surface area contributed by atoms with Crippen molar-refractivity contribution in [3.63, 3.8) is 0 Å². The third-order valence-corrected chi connectivity index (χ3v) is 2.92. The van der Waals surface area contributed by atoms with Crippen LogP contribution in [0.25, 0.3) is 0 Å². The minimum Gasteiger partial charge on any atom is -0.314 e. The number of rotatable bonds is 3. The van der Waals surface area contributed by atoms with Crippen LogP contribution in [0.3, 0.4) is 0 Å². The van der Waals surface area contributed by atoms with Gasteiger partial charge in [0.05, 0.1) is 0 Å². The largest absolute Gasteiger partial charge is 0.314 e. The minimum absolute atomic E-state index is 0.698. The van der Waals surface area contributed by atoms with Crippen LogP contribution in [0.4, 0.5) is 0 Å². The van der Waals surface area contributed by atoms with E-state index in [9.17, 15) is 0 Å². The summed E-state index contributed by atoms with van der Waals surface area (Å²) in [5.74, 6) is 1.63. The van der Waals surface area contributed by atoms with Crippen LogP contribution in [-0.4, -0.2) is 25.7 Å². The predicted octanol–water partition coefficient (Wildman–Crippen LogP) is 1.23. The third kappa shape index (κ3) is 2.46. The Morgan fingerprint density at radius 3 is 2.50 bits per heavy atom. The molecule has 0 saturated carbocycles. The van der Waals surface area contributed by atoms with Crippen molar-refractivity contribution in [2.75, 3.05) is 19.6 Å². The predicted molar refractivity (Wildman–Crippen MR) is 53.3 cm³/mol. The monoisotopic (exact) mass is 170 g/mol. The Kier molecular flexibility index (Phi) is 4.02. The van der Waals surface area contributed by atoms with Gasteiger partial charge in [0.25, 0.3) is 0 Å². The van der Waals surface area contributed by atoms with Gasteiger partial charge in [-0.25, -0.2) is 0 Å². The fourth-order valence-corrected chi connectivity index (χ4v) is 2.20. The minimum atomic E-state index is 0.698. The zero-order valence-electron chi connectivity index (χ0n) is 8.56. The van der Waals surface area contributed by atoms with E-state index in [-0.39, 0.29) is 0 Å². The molecule has 1 aliphatic heterocycles. The zero-order chi connectivity index (χ0) is 8.97. The molecule has 0 aromatic carbocycles. The van der Waals surface area contributed by atoms with Gasteiger partial charge in [-0.15, -0.1) is 0 Å². The second-order valence-corrected chi connectivity index (χ2v) is 4.08. The number of hydrogen-bond donors (Lipinski definition) is 2. The lowest BCUT2D eigenvalue weighted by Crippen LogP contribution is -2.52. The molecule has 1 saturated heterocycles. The molecule has 0 amide bonds. The van der Waals surface area contributed by atoms with Crippen LogP contribution in [0.15, 0.2) is 0 Å². The lowest BCUT2D eigenvalue weighted by Gasteiger charge is -2.33. The van der Waals surface area contributed by atoms with Crippen molar-refractivity contribution in [1.29, 1.82) is 0 Å². The Hall–Kier alpha value is -0.0800. The van der Waals surface area contributed by atoms with Gasteiger partial charge in [-0.05, 0) is 11.8 Å². The summed E-state index contributed by atoms with van der Waals surface area (Å²) < 4.78 is 0. The van der Waals surface area contributed by atoms with Crippen molar-refractivity contribution >= 4 is 0 Å². The molecule has 0 spiro atoms. The van der Waals surface area contributed by atoms with Crippen LogP contribution in [0.2, 0.25) is 0 Å². The van der Waals surface area contributed by atoms with E-state index < -0.39 is 0 Å². The molecule has 0 aliphatic carbocycles. The lowest BCUT2D eigenvalue weighted by atomic mass is 9.85. The quantitative estimate of drug-likeness (QED) is 0.665. The molecule has 0 aromatic heterocycles. The Balaban J connectivity index is 2.40. The maximum Gasteiger partial charge on any atom is 0.0223 e. The molecule has 12 heavy (non-hydrogen) atoms. The highest BCUT2D eigenvalue weighted by molar-refractivity contribution is 4.83. The number of hydrogen-bond acceptors (Lipinski definition) is 2. The van der Waals surface area contributed by atoms with Crippen molar-refractivity contribution in [3.8, 4) is 0 Å². The van der Waals surface area contributed by atoms with E-state index in [1.165, 1.54) is 6.42 Å². The van der Waals surface area contributed by atoms with Crippen LogP contribution in [-0.2, 0) is 0 Å². The van der Waals surface area contributed by atoms with E-state index >= 15 is 0 Å². The molecule has 1 rings (SSSR count). The normalized spacial score (nSPS) is 27.5. The molecular formula is C10H22N2. The number of nitrogens with one attached hydrogen (secondary N) is 2. The van der Waals surface area contributed by atoms with Crippen molar-refractivity contribution in [1.82, 2.24) is 10.6 Å². The topological polar surface area (TPSA) is 24.1 Å². The summed E-state index contributed by atoms with van der Waals surface area (Å²) in [5.41, 5.74) is 0. The van der Waals surface area contributed by atoms with Crippen molar-refractivity contribution in [3.05, 3.63) is 0 Å². The maximum atomic E-state index is 3.59. The summed E-state index contributed by atoms with van der Waals surface area (Å²) in [6.07, 6.45) is 1.29. The van der Waals surface area contributed by atoms with Gasteiger partial charge in [-0.1, -0.05) is 27.2 Å². The molecule has 0 bridgehead atoms. The summed E-state index contributed by atoms with van der Waals surface area (Å²) in [7, 11) is 0. The fraction of sp³-hybridized carbons (Fsp3) is 1.00. The zero-order valence-corrected chi connectivity index (χ0v) is 8.56. The Morgan fingerprint density at radius 2 is 2.08 bits per heavy atom. The Morgan fingerprint density at radius 1 is 1.33 bits per heavy atom. The molecule has 1 fully saturated rings. The Bertz CT molecular complexity index is 117. The van der Waals surface area contributed by atoms with Crippen LogP contribution >= 0.6 is 0 Å². The lowest BCUT2D eigenvalue weighted by molar-refractivity contribution is 0.242. The van der Waals surface area contributed by atoms with E-state index in [1.54, 1.807) is 0 Å². The molecule has 2 heteroatoms. The first-order valence-electron chi connectivity index (χ1n) is 5.19. The van der Waals surface area contributed by atoms with E-state index in [0.29, 0.717) is 6.04 Å². The smallest absolute Gasteiger partial charge is 0.0223 e. The highest BCUT2D eigenvalue weighted by atomic mass is 15.1. The van der Waals surface area contributed by atoms with Crippen LogP contribution in [0, 0.1) is 11.8 Å².